The molecule has 0 unspecified atom stereocenters. The molecule has 0 N–H and O–H groups in total. The average Bonchev–Trinajstić information content (AvgIpc) is 3.79. The third-order valence-electron chi connectivity index (χ3n) is 9.48. The summed E-state index contributed by atoms with van der Waals surface area (Å²) in [6.45, 7) is 0. The van der Waals surface area contributed by atoms with Gasteiger partial charge in [-0.05, 0) is 54.6 Å². The zero-order valence-corrected chi connectivity index (χ0v) is 26.7. The maximum Gasteiger partial charge on any atom is 0.244 e. The van der Waals surface area contributed by atoms with Gasteiger partial charge in [-0.2, -0.15) is 0 Å². The standard InChI is InChI=1S/C43H29N5O/c1-45-28-46(39-21-10-9-20-38(39)45)30-14-11-15-31(26-30)49-32-22-23-34-33-16-5-7-18-36(33)48(41(34)27-32)43-42-35-17-6-8-19-37(35)47(40(42)24-25-44-43)29-12-3-2-4-13-29/h2-27H,1H3. The van der Waals surface area contributed by atoms with Crippen molar-refractivity contribution in [1.29, 1.82) is 0 Å². The van der Waals surface area contributed by atoms with Crippen LogP contribution in [-0.4, -0.2) is 18.7 Å². The maximum atomic E-state index is 6.60. The molecule has 0 aliphatic rings. The molecular formula is C43H29N5O. The summed E-state index contributed by atoms with van der Waals surface area (Å²) in [4.78, 5) is 5.09. The predicted molar refractivity (Wildman–Crippen MR) is 196 cm³/mol. The minimum Gasteiger partial charge on any atom is -0.458 e. The molecule has 0 saturated carbocycles. The second kappa shape index (κ2) is 10.7. The predicted octanol–water partition coefficient (Wildman–Crippen LogP) is 9.64. The van der Waals surface area contributed by atoms with Crippen molar-refractivity contribution in [3.63, 3.8) is 0 Å². The lowest BCUT2D eigenvalue weighted by Crippen LogP contribution is -2.26. The molecule has 0 atom stereocenters. The van der Waals surface area contributed by atoms with Crippen LogP contribution in [0.2, 0.25) is 0 Å². The summed E-state index contributed by atoms with van der Waals surface area (Å²) in [5.41, 5.74) is 8.67. The number of fused-ring (bicyclic) bond motifs is 7. The highest BCUT2D eigenvalue weighted by Crippen LogP contribution is 2.40. The number of benzene rings is 6. The third-order valence-corrected chi connectivity index (χ3v) is 9.48. The molecule has 0 saturated heterocycles. The summed E-state index contributed by atoms with van der Waals surface area (Å²) in [6, 6.07) is 52.6. The monoisotopic (exact) mass is 631 g/mol. The van der Waals surface area contributed by atoms with E-state index in [1.54, 1.807) is 0 Å². The molecule has 10 rings (SSSR count). The molecule has 4 aromatic heterocycles. The van der Waals surface area contributed by atoms with Gasteiger partial charge in [0, 0.05) is 34.1 Å². The molecule has 0 fully saturated rings. The van der Waals surface area contributed by atoms with Crippen LogP contribution >= 0.6 is 0 Å². The van der Waals surface area contributed by atoms with Crippen molar-refractivity contribution in [2.24, 2.45) is 7.05 Å². The van der Waals surface area contributed by atoms with Crippen LogP contribution in [0.5, 0.6) is 11.5 Å². The summed E-state index contributed by atoms with van der Waals surface area (Å²) >= 11 is 0. The normalized spacial score (nSPS) is 11.8. The number of hydrogen-bond donors (Lipinski definition) is 0. The summed E-state index contributed by atoms with van der Waals surface area (Å²) in [7, 11) is 2.02. The highest BCUT2D eigenvalue weighted by atomic mass is 16.5. The Balaban J connectivity index is 1.16. The third kappa shape index (κ3) is 4.21. The van der Waals surface area contributed by atoms with Crippen molar-refractivity contribution in [2.45, 2.75) is 0 Å². The smallest absolute Gasteiger partial charge is 0.244 e. The molecule has 232 valence electrons. The molecule has 4 heterocycles. The van der Waals surface area contributed by atoms with Crippen LogP contribution in [0, 0.1) is 6.33 Å². The van der Waals surface area contributed by atoms with E-state index in [2.05, 4.69) is 153 Å². The Morgan fingerprint density at radius 3 is 2.06 bits per heavy atom. The van der Waals surface area contributed by atoms with Gasteiger partial charge in [0.25, 0.3) is 0 Å². The van der Waals surface area contributed by atoms with Gasteiger partial charge in [-0.1, -0.05) is 91.0 Å². The SMILES string of the molecule is C[n+]1[c-]n(-c2cccc(Oc3ccc4c5ccccc5n(-c5nccc6c5c5ccccc5n6-c5ccccc5)c4c3)c2)c2ccccc21. The number of pyridine rings is 1. The van der Waals surface area contributed by atoms with Crippen LogP contribution in [0.25, 0.3) is 71.8 Å². The number of hydrogen-bond acceptors (Lipinski definition) is 2. The van der Waals surface area contributed by atoms with Crippen LogP contribution in [0.1, 0.15) is 0 Å². The van der Waals surface area contributed by atoms with Crippen molar-refractivity contribution in [3.05, 3.63) is 164 Å². The number of aryl methyl sites for hydroxylation is 1. The molecule has 10 aromatic rings. The van der Waals surface area contributed by atoms with E-state index in [4.69, 9.17) is 9.72 Å². The first-order chi connectivity index (χ1) is 24.2. The molecule has 0 radical (unpaired) electrons. The maximum absolute atomic E-state index is 6.60. The number of para-hydroxylation sites is 5. The van der Waals surface area contributed by atoms with Crippen molar-refractivity contribution < 1.29 is 9.30 Å². The molecule has 0 spiro atoms. The van der Waals surface area contributed by atoms with Crippen LogP contribution in [0.15, 0.2) is 158 Å². The highest BCUT2D eigenvalue weighted by Gasteiger charge is 2.21. The van der Waals surface area contributed by atoms with Gasteiger partial charge in [-0.15, -0.1) is 0 Å². The number of aromatic nitrogens is 5. The summed E-state index contributed by atoms with van der Waals surface area (Å²) < 4.78 is 15.3. The Kier molecular flexibility index (Phi) is 5.99. The van der Waals surface area contributed by atoms with E-state index in [9.17, 15) is 0 Å². The number of imidazole rings is 1. The van der Waals surface area contributed by atoms with Crippen molar-refractivity contribution in [1.82, 2.24) is 18.7 Å². The molecule has 0 bridgehead atoms. The zero-order chi connectivity index (χ0) is 32.5. The largest absolute Gasteiger partial charge is 0.458 e. The second-order valence-electron chi connectivity index (χ2n) is 12.3. The Morgan fingerprint density at radius 2 is 1.20 bits per heavy atom. The van der Waals surface area contributed by atoms with Crippen molar-refractivity contribution in [3.8, 4) is 28.7 Å². The summed E-state index contributed by atoms with van der Waals surface area (Å²) in [5, 5.41) is 4.57. The topological polar surface area (TPSA) is 40.8 Å². The minimum atomic E-state index is 0.750. The number of nitrogens with zero attached hydrogens (tertiary/aromatic N) is 5. The van der Waals surface area contributed by atoms with Gasteiger partial charge in [-0.25, -0.2) is 4.98 Å². The molecule has 0 amide bonds. The fourth-order valence-electron chi connectivity index (χ4n) is 7.38. The molecular weight excluding hydrogens is 603 g/mol. The van der Waals surface area contributed by atoms with Crippen molar-refractivity contribution >= 4 is 54.6 Å². The highest BCUT2D eigenvalue weighted by molar-refractivity contribution is 6.15. The lowest BCUT2D eigenvalue weighted by atomic mass is 10.1. The van der Waals surface area contributed by atoms with E-state index < -0.39 is 0 Å². The van der Waals surface area contributed by atoms with E-state index >= 15 is 0 Å². The lowest BCUT2D eigenvalue weighted by molar-refractivity contribution is -0.649. The Bertz CT molecular complexity index is 2880. The molecule has 6 aromatic carbocycles. The van der Waals surface area contributed by atoms with E-state index in [0.29, 0.717) is 0 Å². The van der Waals surface area contributed by atoms with E-state index in [0.717, 1.165) is 78.0 Å². The molecule has 0 aliphatic heterocycles. The zero-order valence-electron chi connectivity index (χ0n) is 26.7. The van der Waals surface area contributed by atoms with Crippen molar-refractivity contribution in [2.75, 3.05) is 0 Å². The fourth-order valence-corrected chi connectivity index (χ4v) is 7.38. The first-order valence-electron chi connectivity index (χ1n) is 16.4. The van der Waals surface area contributed by atoms with Crippen LogP contribution in [0.3, 0.4) is 0 Å². The minimum absolute atomic E-state index is 0.750. The quantitative estimate of drug-likeness (QED) is 0.140. The van der Waals surface area contributed by atoms with E-state index in [1.165, 1.54) is 5.39 Å². The molecule has 6 heteroatoms. The molecule has 6 nitrogen and oxygen atoms in total. The van der Waals surface area contributed by atoms with Crippen LogP contribution in [0.4, 0.5) is 0 Å². The molecule has 49 heavy (non-hydrogen) atoms. The second-order valence-corrected chi connectivity index (χ2v) is 12.3. The molecule has 0 aliphatic carbocycles. The van der Waals surface area contributed by atoms with E-state index in [1.807, 2.05) is 36.0 Å². The van der Waals surface area contributed by atoms with Crippen LogP contribution < -0.4 is 9.30 Å². The van der Waals surface area contributed by atoms with Gasteiger partial charge in [0.2, 0.25) is 6.33 Å². The number of rotatable bonds is 5. The first kappa shape index (κ1) is 27.5. The Hall–Kier alpha value is -6.66. The van der Waals surface area contributed by atoms with Crippen LogP contribution in [-0.2, 0) is 7.05 Å². The van der Waals surface area contributed by atoms with Gasteiger partial charge in [-0.3, -0.25) is 4.57 Å². The average molecular weight is 632 g/mol. The summed E-state index contributed by atoms with van der Waals surface area (Å²) in [6.07, 6.45) is 5.35. The summed E-state index contributed by atoms with van der Waals surface area (Å²) in [5.74, 6) is 2.38. The first-order valence-corrected chi connectivity index (χ1v) is 16.4. The Morgan fingerprint density at radius 1 is 0.531 bits per heavy atom. The number of ether oxygens (including phenoxy) is 1. The van der Waals surface area contributed by atoms with Gasteiger partial charge in [0.15, 0.2) is 0 Å². The van der Waals surface area contributed by atoms with Gasteiger partial charge >= 0.3 is 0 Å². The van der Waals surface area contributed by atoms with E-state index in [-0.39, 0.29) is 0 Å². The Labute approximate surface area is 281 Å². The lowest BCUT2D eigenvalue weighted by Gasteiger charge is -2.12. The fraction of sp³-hybridized carbons (Fsp3) is 0.0233. The van der Waals surface area contributed by atoms with Gasteiger partial charge in [0.05, 0.1) is 51.2 Å². The van der Waals surface area contributed by atoms with Gasteiger partial charge < -0.3 is 18.4 Å². The van der Waals surface area contributed by atoms with Gasteiger partial charge in [0.1, 0.15) is 17.3 Å².